The zero-order chi connectivity index (χ0) is 10.3. The molecule has 0 aliphatic carbocycles. The van der Waals surface area contributed by atoms with E-state index in [1.54, 1.807) is 0 Å². The van der Waals surface area contributed by atoms with Crippen molar-refractivity contribution in [1.29, 1.82) is 0 Å². The Morgan fingerprint density at radius 2 is 1.38 bits per heavy atom. The first-order valence-electron chi connectivity index (χ1n) is 4.10. The van der Waals surface area contributed by atoms with E-state index in [9.17, 15) is 22.1 Å². The fraction of sp³-hybridized carbons (Fsp3) is 0.833. The third-order valence-electron chi connectivity index (χ3n) is 1.66. The zero-order valence-electron chi connectivity index (χ0n) is 7.11. The standard InChI is InChI=1S/C6H11NO.BF4/c8-6-7-4-2-1-3-5-7;2-1(3,4)5/h6H,1-5H2;/q;-1/p+1. The lowest BCUT2D eigenvalue weighted by atomic mass is 10.1. The topological polar surface area (TPSA) is 21.5 Å². The van der Waals surface area contributed by atoms with Crippen molar-refractivity contribution in [2.75, 3.05) is 13.1 Å². The van der Waals surface area contributed by atoms with Crippen LogP contribution < -0.4 is 4.90 Å². The average molecular weight is 201 g/mol. The zero-order valence-corrected chi connectivity index (χ0v) is 7.11. The van der Waals surface area contributed by atoms with Gasteiger partial charge in [0.2, 0.25) is 0 Å². The van der Waals surface area contributed by atoms with Crippen LogP contribution in [0.1, 0.15) is 19.3 Å². The summed E-state index contributed by atoms with van der Waals surface area (Å²) in [6.45, 7) is 2.12. The predicted molar refractivity (Wildman–Crippen MR) is 40.8 cm³/mol. The largest absolute Gasteiger partial charge is 0.673 e. The molecule has 7 heteroatoms. The fourth-order valence-electron chi connectivity index (χ4n) is 1.12. The molecular formula is C6H12BF4NO. The highest BCUT2D eigenvalue weighted by molar-refractivity contribution is 6.50. The number of quaternary nitrogens is 1. The molecule has 1 aliphatic rings. The number of amides is 1. The number of hydrogen-bond donors (Lipinski definition) is 1. The number of piperidine rings is 1. The lowest BCUT2D eigenvalue weighted by Gasteiger charge is -2.15. The summed E-state index contributed by atoms with van der Waals surface area (Å²) in [5.41, 5.74) is 0. The number of nitrogens with one attached hydrogen (secondary N) is 1. The SMILES string of the molecule is F[B-](F)(F)F.O=C[NH+]1CCCCC1. The minimum absolute atomic E-state index is 1.03. The van der Waals surface area contributed by atoms with Crippen LogP contribution in [0.25, 0.3) is 0 Å². The van der Waals surface area contributed by atoms with Gasteiger partial charge in [-0.2, -0.15) is 0 Å². The van der Waals surface area contributed by atoms with Gasteiger partial charge in [-0.25, -0.2) is 4.79 Å². The lowest BCUT2D eigenvalue weighted by molar-refractivity contribution is -0.816. The van der Waals surface area contributed by atoms with Crippen molar-refractivity contribution >= 4 is 13.7 Å². The molecule has 1 saturated heterocycles. The first-order valence-corrected chi connectivity index (χ1v) is 4.10. The van der Waals surface area contributed by atoms with E-state index in [-0.39, 0.29) is 0 Å². The molecule has 1 amide bonds. The van der Waals surface area contributed by atoms with Crippen LogP contribution in [0.5, 0.6) is 0 Å². The van der Waals surface area contributed by atoms with Crippen molar-refractivity contribution in [3.05, 3.63) is 0 Å². The summed E-state index contributed by atoms with van der Waals surface area (Å²) >= 11 is 0. The molecule has 1 rings (SSSR count). The van der Waals surface area contributed by atoms with Gasteiger partial charge >= 0.3 is 7.25 Å². The van der Waals surface area contributed by atoms with Gasteiger partial charge in [-0.1, -0.05) is 0 Å². The van der Waals surface area contributed by atoms with Crippen LogP contribution in [0.4, 0.5) is 17.3 Å². The van der Waals surface area contributed by atoms with Gasteiger partial charge in [-0.15, -0.1) is 0 Å². The third kappa shape index (κ3) is 11.4. The average Bonchev–Trinajstić information content (AvgIpc) is 2.03. The number of likely N-dealkylation sites (tertiary alicyclic amines) is 1. The maximum atomic E-state index is 10.1. The molecule has 1 aliphatic heterocycles. The van der Waals surface area contributed by atoms with Crippen molar-refractivity contribution in [3.8, 4) is 0 Å². The van der Waals surface area contributed by atoms with Crippen LogP contribution in [0.3, 0.4) is 0 Å². The molecule has 0 unspecified atom stereocenters. The molecule has 1 N–H and O–H groups in total. The normalized spacial score (nSPS) is 18.8. The second-order valence-electron chi connectivity index (χ2n) is 2.83. The molecule has 1 fully saturated rings. The van der Waals surface area contributed by atoms with Crippen molar-refractivity contribution in [3.63, 3.8) is 0 Å². The second kappa shape index (κ2) is 5.96. The third-order valence-corrected chi connectivity index (χ3v) is 1.66. The van der Waals surface area contributed by atoms with Crippen LogP contribution in [0.15, 0.2) is 0 Å². The van der Waals surface area contributed by atoms with Crippen LogP contribution >= 0.6 is 0 Å². The summed E-state index contributed by atoms with van der Waals surface area (Å²) in [7, 11) is -6.00. The van der Waals surface area contributed by atoms with E-state index >= 15 is 0 Å². The van der Waals surface area contributed by atoms with Crippen LogP contribution in [-0.2, 0) is 4.79 Å². The van der Waals surface area contributed by atoms with Gasteiger partial charge in [0.25, 0.3) is 6.41 Å². The molecule has 0 atom stereocenters. The highest BCUT2D eigenvalue weighted by atomic mass is 19.5. The Bertz CT molecular complexity index is 140. The van der Waals surface area contributed by atoms with Crippen molar-refractivity contribution in [1.82, 2.24) is 0 Å². The number of rotatable bonds is 1. The monoisotopic (exact) mass is 201 g/mol. The van der Waals surface area contributed by atoms with Gasteiger partial charge in [0.1, 0.15) is 0 Å². The first-order chi connectivity index (χ1) is 5.93. The van der Waals surface area contributed by atoms with Crippen LogP contribution in [-0.4, -0.2) is 26.8 Å². The summed E-state index contributed by atoms with van der Waals surface area (Å²) in [5, 5.41) is 0. The highest BCUT2D eigenvalue weighted by Gasteiger charge is 2.20. The Kier molecular flexibility index (Phi) is 5.69. The Balaban J connectivity index is 0.000000252. The molecule has 0 bridgehead atoms. The summed E-state index contributed by atoms with van der Waals surface area (Å²) < 4.78 is 39.0. The molecule has 0 spiro atoms. The van der Waals surface area contributed by atoms with Gasteiger partial charge in [-0.05, 0) is 19.3 Å². The van der Waals surface area contributed by atoms with Gasteiger partial charge < -0.3 is 17.3 Å². The molecule has 0 aromatic carbocycles. The molecule has 13 heavy (non-hydrogen) atoms. The van der Waals surface area contributed by atoms with E-state index in [4.69, 9.17) is 0 Å². The number of hydrogen-bond acceptors (Lipinski definition) is 1. The molecule has 78 valence electrons. The molecule has 0 aromatic rings. The minimum atomic E-state index is -6.00. The Morgan fingerprint density at radius 3 is 1.62 bits per heavy atom. The molecule has 0 saturated carbocycles. The van der Waals surface area contributed by atoms with E-state index in [0.717, 1.165) is 24.4 Å². The van der Waals surface area contributed by atoms with E-state index < -0.39 is 7.25 Å². The number of carbonyl (C=O) groups excluding carboxylic acids is 1. The predicted octanol–water partition coefficient (Wildman–Crippen LogP) is 0.512. The minimum Gasteiger partial charge on any atom is -0.418 e. The Morgan fingerprint density at radius 1 is 1.00 bits per heavy atom. The van der Waals surface area contributed by atoms with E-state index in [2.05, 4.69) is 0 Å². The van der Waals surface area contributed by atoms with E-state index in [0.29, 0.717) is 0 Å². The maximum absolute atomic E-state index is 10.1. The Hall–Kier alpha value is -0.585. The van der Waals surface area contributed by atoms with Crippen LogP contribution in [0.2, 0.25) is 0 Å². The Labute approximate surface area is 74.0 Å². The summed E-state index contributed by atoms with van der Waals surface area (Å²) in [6.07, 6.45) is 4.80. The quantitative estimate of drug-likeness (QED) is 0.372. The maximum Gasteiger partial charge on any atom is 0.673 e. The smallest absolute Gasteiger partial charge is 0.418 e. The molecular weight excluding hydrogens is 189 g/mol. The summed E-state index contributed by atoms with van der Waals surface area (Å²) in [5.74, 6) is 0. The van der Waals surface area contributed by atoms with Crippen molar-refractivity contribution in [2.45, 2.75) is 19.3 Å². The van der Waals surface area contributed by atoms with Gasteiger partial charge in [0, 0.05) is 0 Å². The highest BCUT2D eigenvalue weighted by Crippen LogP contribution is 2.06. The van der Waals surface area contributed by atoms with Crippen molar-refractivity contribution in [2.24, 2.45) is 0 Å². The van der Waals surface area contributed by atoms with E-state index in [1.807, 2.05) is 0 Å². The first kappa shape index (κ1) is 12.4. The second-order valence-corrected chi connectivity index (χ2v) is 2.83. The fourth-order valence-corrected chi connectivity index (χ4v) is 1.12. The van der Waals surface area contributed by atoms with Gasteiger partial charge in [-0.3, -0.25) is 4.90 Å². The van der Waals surface area contributed by atoms with Crippen LogP contribution in [0, 0.1) is 0 Å². The van der Waals surface area contributed by atoms with Gasteiger partial charge in [0.15, 0.2) is 0 Å². The molecule has 1 heterocycles. The van der Waals surface area contributed by atoms with Crippen molar-refractivity contribution < 1.29 is 27.0 Å². The number of halogens is 4. The lowest BCUT2D eigenvalue weighted by Crippen LogP contribution is -3.11. The molecule has 2 nitrogen and oxygen atoms in total. The molecule has 0 radical (unpaired) electrons. The van der Waals surface area contributed by atoms with E-state index in [1.165, 1.54) is 19.3 Å². The van der Waals surface area contributed by atoms with Gasteiger partial charge in [0.05, 0.1) is 13.1 Å². The summed E-state index contributed by atoms with van der Waals surface area (Å²) in [4.78, 5) is 11.2. The summed E-state index contributed by atoms with van der Waals surface area (Å²) in [6, 6.07) is 0. The molecule has 0 aromatic heterocycles. The number of carbonyl (C=O) groups is 1.